The molecule has 186 valence electrons. The van der Waals surface area contributed by atoms with Gasteiger partial charge in [-0.05, 0) is 62.8 Å². The van der Waals surface area contributed by atoms with Crippen molar-refractivity contribution in [1.29, 1.82) is 0 Å². The van der Waals surface area contributed by atoms with Crippen LogP contribution in [0.3, 0.4) is 0 Å². The van der Waals surface area contributed by atoms with Crippen LogP contribution in [0.15, 0.2) is 48.5 Å². The molecule has 0 unspecified atom stereocenters. The van der Waals surface area contributed by atoms with Crippen LogP contribution in [0.2, 0.25) is 0 Å². The maximum atomic E-state index is 5.33. The summed E-state index contributed by atoms with van der Waals surface area (Å²) in [7, 11) is 0.431. The van der Waals surface area contributed by atoms with Gasteiger partial charge < -0.3 is 9.31 Å². The molecule has 34 heavy (non-hydrogen) atoms. The van der Waals surface area contributed by atoms with E-state index in [0.717, 1.165) is 0 Å². The number of hydrogen-bond donors (Lipinski definition) is 0. The van der Waals surface area contributed by atoms with Gasteiger partial charge in [-0.15, -0.1) is 0 Å². The van der Waals surface area contributed by atoms with E-state index in [1.807, 2.05) is 27.7 Å². The normalized spacial score (nSPS) is 18.4. The highest BCUT2D eigenvalue weighted by Gasteiger charge is 2.44. The van der Waals surface area contributed by atoms with Gasteiger partial charge in [0.1, 0.15) is 0 Å². The molecule has 0 radical (unpaired) electrons. The second-order valence-electron chi connectivity index (χ2n) is 11.2. The molecule has 0 N–H and O–H groups in total. The highest BCUT2D eigenvalue weighted by molar-refractivity contribution is 6.19. The van der Waals surface area contributed by atoms with Gasteiger partial charge in [-0.3, -0.25) is 0 Å². The van der Waals surface area contributed by atoms with Gasteiger partial charge in [0.15, 0.2) is 0 Å². The van der Waals surface area contributed by atoms with Crippen LogP contribution in [0, 0.1) is 0 Å². The molecular weight excluding hydrogens is 415 g/mol. The van der Waals surface area contributed by atoms with Crippen molar-refractivity contribution < 1.29 is 9.31 Å². The van der Waals surface area contributed by atoms with E-state index >= 15 is 0 Å². The summed E-state index contributed by atoms with van der Waals surface area (Å²) >= 11 is 0. The molecule has 0 saturated carbocycles. The lowest BCUT2D eigenvalue weighted by Gasteiger charge is -2.33. The SMILES string of the molecule is CC1(C)OBOC1(C)C.CCCCCCC1(CCCCCC)c2ccccc2-c2ccccc21. The fourth-order valence-electron chi connectivity index (χ4n) is 5.46. The van der Waals surface area contributed by atoms with Gasteiger partial charge in [0.25, 0.3) is 0 Å². The van der Waals surface area contributed by atoms with Crippen LogP contribution in [0.5, 0.6) is 0 Å². The van der Waals surface area contributed by atoms with E-state index in [2.05, 4.69) is 62.4 Å². The molecule has 0 aromatic heterocycles. The van der Waals surface area contributed by atoms with Gasteiger partial charge in [0.05, 0.1) is 11.2 Å². The third-order valence-electron chi connectivity index (χ3n) is 8.38. The number of hydrogen-bond acceptors (Lipinski definition) is 2. The lowest BCUT2D eigenvalue weighted by atomic mass is 9.70. The van der Waals surface area contributed by atoms with Crippen LogP contribution in [0.4, 0.5) is 0 Å². The van der Waals surface area contributed by atoms with Gasteiger partial charge >= 0.3 is 7.69 Å². The van der Waals surface area contributed by atoms with Crippen molar-refractivity contribution in [2.24, 2.45) is 0 Å². The molecule has 3 heteroatoms. The fraction of sp³-hybridized carbons (Fsp3) is 0.613. The highest BCUT2D eigenvalue weighted by Crippen LogP contribution is 2.53. The first-order valence-corrected chi connectivity index (χ1v) is 13.8. The maximum Gasteiger partial charge on any atom is 0.439 e. The van der Waals surface area contributed by atoms with Gasteiger partial charge in [0.2, 0.25) is 0 Å². The molecule has 0 spiro atoms. The predicted octanol–water partition coefficient (Wildman–Crippen LogP) is 8.75. The largest absolute Gasteiger partial charge is 0.439 e. The Morgan fingerprint density at radius 2 is 1.00 bits per heavy atom. The molecule has 4 rings (SSSR count). The van der Waals surface area contributed by atoms with Gasteiger partial charge in [-0.25, -0.2) is 0 Å². The average Bonchev–Trinajstić information content (AvgIpc) is 3.24. The van der Waals surface area contributed by atoms with Crippen LogP contribution in [-0.2, 0) is 14.7 Å². The first-order valence-electron chi connectivity index (χ1n) is 13.8. The van der Waals surface area contributed by atoms with Crippen LogP contribution in [-0.4, -0.2) is 18.9 Å². The molecule has 2 aromatic rings. The van der Waals surface area contributed by atoms with Gasteiger partial charge in [0, 0.05) is 5.41 Å². The van der Waals surface area contributed by atoms with Crippen LogP contribution in [0.1, 0.15) is 117 Å². The Balaban J connectivity index is 0.000000302. The molecule has 0 bridgehead atoms. The molecule has 1 aliphatic heterocycles. The van der Waals surface area contributed by atoms with E-state index in [1.165, 1.54) is 75.3 Å². The Labute approximate surface area is 210 Å². The van der Waals surface area contributed by atoms with Crippen LogP contribution < -0.4 is 0 Å². The zero-order valence-electron chi connectivity index (χ0n) is 22.7. The second-order valence-corrected chi connectivity index (χ2v) is 11.2. The summed E-state index contributed by atoms with van der Waals surface area (Å²) in [6, 6.07) is 18.4. The zero-order valence-corrected chi connectivity index (χ0v) is 22.7. The summed E-state index contributed by atoms with van der Waals surface area (Å²) in [5.74, 6) is 0. The van der Waals surface area contributed by atoms with E-state index in [9.17, 15) is 0 Å². The van der Waals surface area contributed by atoms with Gasteiger partial charge in [-0.1, -0.05) is 114 Å². The van der Waals surface area contributed by atoms with Crippen LogP contribution in [0.25, 0.3) is 11.1 Å². The molecule has 1 fully saturated rings. The average molecular weight is 463 g/mol. The van der Waals surface area contributed by atoms with Crippen molar-refractivity contribution in [3.63, 3.8) is 0 Å². The molecular formula is C31H47BO2. The predicted molar refractivity (Wildman–Crippen MR) is 148 cm³/mol. The fourth-order valence-corrected chi connectivity index (χ4v) is 5.46. The smallest absolute Gasteiger partial charge is 0.406 e. The van der Waals surface area contributed by atoms with Crippen molar-refractivity contribution in [1.82, 2.24) is 0 Å². The number of benzene rings is 2. The maximum absolute atomic E-state index is 5.33. The molecule has 1 heterocycles. The Morgan fingerprint density at radius 3 is 1.35 bits per heavy atom. The zero-order chi connectivity index (χ0) is 24.7. The molecule has 0 amide bonds. The molecule has 2 nitrogen and oxygen atoms in total. The Bertz CT molecular complexity index is 828. The lowest BCUT2D eigenvalue weighted by Crippen LogP contribution is -2.41. The Hall–Kier alpha value is -1.58. The minimum atomic E-state index is -0.132. The van der Waals surface area contributed by atoms with E-state index in [0.29, 0.717) is 7.69 Å². The minimum Gasteiger partial charge on any atom is -0.406 e. The second kappa shape index (κ2) is 11.9. The molecule has 1 saturated heterocycles. The molecule has 1 aliphatic carbocycles. The van der Waals surface area contributed by atoms with E-state index in [-0.39, 0.29) is 16.6 Å². The van der Waals surface area contributed by atoms with E-state index < -0.39 is 0 Å². The molecule has 0 atom stereocenters. The summed E-state index contributed by atoms with van der Waals surface area (Å²) in [6.45, 7) is 12.8. The first-order chi connectivity index (χ1) is 16.3. The quantitative estimate of drug-likeness (QED) is 0.260. The Kier molecular flexibility index (Phi) is 9.46. The summed E-state index contributed by atoms with van der Waals surface area (Å²) in [4.78, 5) is 0. The van der Waals surface area contributed by atoms with Crippen molar-refractivity contribution in [3.05, 3.63) is 59.7 Å². The number of rotatable bonds is 10. The molecule has 2 aliphatic rings. The molecule has 2 aromatic carbocycles. The Morgan fingerprint density at radius 1 is 0.588 bits per heavy atom. The first kappa shape index (κ1) is 27.0. The summed E-state index contributed by atoms with van der Waals surface area (Å²) < 4.78 is 10.7. The topological polar surface area (TPSA) is 18.5 Å². The van der Waals surface area contributed by atoms with Crippen molar-refractivity contribution >= 4 is 7.69 Å². The lowest BCUT2D eigenvalue weighted by molar-refractivity contribution is 0.00578. The van der Waals surface area contributed by atoms with Gasteiger partial charge in [-0.2, -0.15) is 0 Å². The highest BCUT2D eigenvalue weighted by atomic mass is 16.7. The van der Waals surface area contributed by atoms with Crippen molar-refractivity contribution in [2.75, 3.05) is 0 Å². The summed E-state index contributed by atoms with van der Waals surface area (Å²) in [6.07, 6.45) is 13.4. The summed E-state index contributed by atoms with van der Waals surface area (Å²) in [5, 5.41) is 0. The van der Waals surface area contributed by atoms with Crippen LogP contribution >= 0.6 is 0 Å². The standard InChI is InChI=1S/C25H34.C6H13BO2/c1-3-5-7-13-19-25(20-14-8-6-4-2)23-17-11-9-15-21(23)22-16-10-12-18-24(22)25;1-5(2)6(3,4)9-7-8-5/h9-12,15-18H,3-8,13-14,19-20H2,1-2H3;7H,1-4H3. The van der Waals surface area contributed by atoms with Crippen molar-refractivity contribution in [3.8, 4) is 11.1 Å². The van der Waals surface area contributed by atoms with Crippen molar-refractivity contribution in [2.45, 2.75) is 122 Å². The third-order valence-corrected chi connectivity index (χ3v) is 8.38. The number of unbranched alkanes of at least 4 members (excludes halogenated alkanes) is 6. The van der Waals surface area contributed by atoms with E-state index in [4.69, 9.17) is 9.31 Å². The third kappa shape index (κ3) is 5.79. The monoisotopic (exact) mass is 462 g/mol. The van der Waals surface area contributed by atoms with E-state index in [1.54, 1.807) is 11.1 Å². The number of fused-ring (bicyclic) bond motifs is 3. The summed E-state index contributed by atoms with van der Waals surface area (Å²) in [5.41, 5.74) is 6.18. The minimum absolute atomic E-state index is 0.132.